The molecule has 0 aliphatic heterocycles. The Bertz CT molecular complexity index is 354. The number of hydrogen-bond acceptors (Lipinski definition) is 2. The Morgan fingerprint density at radius 3 is 2.80 bits per heavy atom. The van der Waals surface area contributed by atoms with Gasteiger partial charge in [-0.05, 0) is 30.4 Å². The molecule has 0 aromatic heterocycles. The Morgan fingerprint density at radius 2 is 2.13 bits per heavy atom. The Morgan fingerprint density at radius 1 is 1.33 bits per heavy atom. The number of halogens is 2. The molecule has 2 unspecified atom stereocenters. The molecule has 2 nitrogen and oxygen atoms in total. The Balaban J connectivity index is 1.91. The van der Waals surface area contributed by atoms with Gasteiger partial charge in [0.15, 0.2) is 0 Å². The summed E-state index contributed by atoms with van der Waals surface area (Å²) in [5.41, 5.74) is 0. The molecule has 1 saturated carbocycles. The number of hydrogen-bond donors (Lipinski definition) is 1. The van der Waals surface area contributed by atoms with Gasteiger partial charge in [-0.25, -0.2) is 0 Å². The van der Waals surface area contributed by atoms with Crippen LogP contribution in [0.15, 0.2) is 18.2 Å². The predicted molar refractivity (Wildman–Crippen MR) is 60.6 cm³/mol. The fourth-order valence-corrected chi connectivity index (χ4v) is 1.88. The lowest BCUT2D eigenvalue weighted by atomic mass is 10.3. The van der Waals surface area contributed by atoms with Crippen LogP contribution < -0.4 is 4.74 Å². The average molecular weight is 247 g/mol. The lowest BCUT2D eigenvalue weighted by Gasteiger charge is -2.08. The molecule has 0 radical (unpaired) electrons. The van der Waals surface area contributed by atoms with Crippen LogP contribution in [0.3, 0.4) is 0 Å². The summed E-state index contributed by atoms with van der Waals surface area (Å²) in [5.74, 6) is 1.49. The smallest absolute Gasteiger partial charge is 0.139 e. The van der Waals surface area contributed by atoms with E-state index in [2.05, 4.69) is 0 Å². The molecule has 1 N–H and O–H groups in total. The molecule has 0 saturated heterocycles. The fraction of sp³-hybridized carbons (Fsp3) is 0.455. The number of benzene rings is 1. The van der Waals surface area contributed by atoms with Crippen LogP contribution in [0.5, 0.6) is 5.75 Å². The maximum atomic E-state index is 8.87. The summed E-state index contributed by atoms with van der Waals surface area (Å²) in [6.45, 7) is 0.850. The number of aliphatic hydroxyl groups excluding tert-OH is 1. The zero-order valence-corrected chi connectivity index (χ0v) is 9.63. The van der Waals surface area contributed by atoms with Gasteiger partial charge in [-0.3, -0.25) is 0 Å². The van der Waals surface area contributed by atoms with Crippen LogP contribution in [-0.4, -0.2) is 18.3 Å². The number of aliphatic hydroxyl groups is 1. The van der Waals surface area contributed by atoms with E-state index < -0.39 is 0 Å². The van der Waals surface area contributed by atoms with E-state index in [0.29, 0.717) is 34.2 Å². The third kappa shape index (κ3) is 2.57. The van der Waals surface area contributed by atoms with E-state index in [-0.39, 0.29) is 6.61 Å². The van der Waals surface area contributed by atoms with Crippen LogP contribution in [0.1, 0.15) is 6.42 Å². The van der Waals surface area contributed by atoms with Crippen LogP contribution in [0, 0.1) is 11.8 Å². The van der Waals surface area contributed by atoms with Gasteiger partial charge >= 0.3 is 0 Å². The quantitative estimate of drug-likeness (QED) is 0.886. The second kappa shape index (κ2) is 4.60. The van der Waals surface area contributed by atoms with E-state index >= 15 is 0 Å². The van der Waals surface area contributed by atoms with Crippen LogP contribution in [-0.2, 0) is 0 Å². The molecule has 0 spiro atoms. The van der Waals surface area contributed by atoms with E-state index in [0.717, 1.165) is 6.42 Å². The molecule has 1 fully saturated rings. The highest BCUT2D eigenvalue weighted by atomic mass is 35.5. The lowest BCUT2D eigenvalue weighted by molar-refractivity contribution is 0.243. The van der Waals surface area contributed by atoms with Crippen molar-refractivity contribution < 1.29 is 9.84 Å². The first-order chi connectivity index (χ1) is 7.22. The molecule has 0 amide bonds. The summed E-state index contributed by atoms with van der Waals surface area (Å²) in [6, 6.07) is 5.33. The zero-order chi connectivity index (χ0) is 10.8. The first-order valence-electron chi connectivity index (χ1n) is 4.90. The van der Waals surface area contributed by atoms with Gasteiger partial charge in [0.25, 0.3) is 0 Å². The maximum Gasteiger partial charge on any atom is 0.139 e. The van der Waals surface area contributed by atoms with E-state index in [1.54, 1.807) is 18.2 Å². The molecule has 1 aromatic rings. The van der Waals surface area contributed by atoms with Gasteiger partial charge in [0.05, 0.1) is 11.6 Å². The van der Waals surface area contributed by atoms with Crippen molar-refractivity contribution in [1.82, 2.24) is 0 Å². The van der Waals surface area contributed by atoms with Crippen molar-refractivity contribution in [2.24, 2.45) is 11.8 Å². The Labute approximate surface area is 98.8 Å². The summed E-state index contributed by atoms with van der Waals surface area (Å²) in [5, 5.41) is 9.83. The highest BCUT2D eigenvalue weighted by Crippen LogP contribution is 2.39. The summed E-state index contributed by atoms with van der Waals surface area (Å²) in [7, 11) is 0. The highest BCUT2D eigenvalue weighted by molar-refractivity contribution is 6.42. The highest BCUT2D eigenvalue weighted by Gasteiger charge is 2.36. The molecule has 15 heavy (non-hydrogen) atoms. The van der Waals surface area contributed by atoms with E-state index in [4.69, 9.17) is 33.0 Å². The molecule has 2 atom stereocenters. The molecule has 82 valence electrons. The second-order valence-electron chi connectivity index (χ2n) is 3.80. The third-order valence-corrected chi connectivity index (χ3v) is 3.47. The van der Waals surface area contributed by atoms with Crippen molar-refractivity contribution in [1.29, 1.82) is 0 Å². The molecule has 1 aliphatic carbocycles. The van der Waals surface area contributed by atoms with E-state index in [1.807, 2.05) is 0 Å². The first-order valence-corrected chi connectivity index (χ1v) is 5.65. The minimum atomic E-state index is 0.247. The molecule has 1 aromatic carbocycles. The minimum absolute atomic E-state index is 0.247. The summed E-state index contributed by atoms with van der Waals surface area (Å²) in [6.07, 6.45) is 1.04. The van der Waals surface area contributed by atoms with E-state index in [9.17, 15) is 0 Å². The molecule has 0 heterocycles. The SMILES string of the molecule is OCC1CC1COc1cccc(Cl)c1Cl. The van der Waals surface area contributed by atoms with Crippen molar-refractivity contribution in [2.45, 2.75) is 6.42 Å². The Hall–Kier alpha value is -0.440. The zero-order valence-electron chi connectivity index (χ0n) is 8.12. The summed E-state index contributed by atoms with van der Waals surface area (Å²) >= 11 is 11.8. The van der Waals surface area contributed by atoms with E-state index in [1.165, 1.54) is 0 Å². The standard InChI is InChI=1S/C11H12Cl2O2/c12-9-2-1-3-10(11(9)13)15-6-8-4-7(8)5-14/h1-3,7-8,14H,4-6H2. The van der Waals surface area contributed by atoms with Crippen LogP contribution in [0.4, 0.5) is 0 Å². The Kier molecular flexibility index (Phi) is 3.39. The summed E-state index contributed by atoms with van der Waals surface area (Å²) in [4.78, 5) is 0. The monoisotopic (exact) mass is 246 g/mol. The fourth-order valence-electron chi connectivity index (χ4n) is 1.53. The first kappa shape index (κ1) is 11.1. The molecule has 0 bridgehead atoms. The van der Waals surface area contributed by atoms with Gasteiger partial charge in [-0.15, -0.1) is 0 Å². The van der Waals surface area contributed by atoms with Crippen molar-refractivity contribution in [2.75, 3.05) is 13.2 Å². The van der Waals surface area contributed by atoms with Gasteiger partial charge in [-0.2, -0.15) is 0 Å². The molecule has 1 aliphatic rings. The van der Waals surface area contributed by atoms with Crippen LogP contribution in [0.2, 0.25) is 10.0 Å². The van der Waals surface area contributed by atoms with Crippen molar-refractivity contribution in [3.05, 3.63) is 28.2 Å². The average Bonchev–Trinajstić information content (AvgIpc) is 2.99. The maximum absolute atomic E-state index is 8.87. The normalized spacial score (nSPS) is 23.9. The lowest BCUT2D eigenvalue weighted by Crippen LogP contribution is -2.02. The largest absolute Gasteiger partial charge is 0.492 e. The molecule has 4 heteroatoms. The van der Waals surface area contributed by atoms with Crippen LogP contribution in [0.25, 0.3) is 0 Å². The topological polar surface area (TPSA) is 29.5 Å². The van der Waals surface area contributed by atoms with Gasteiger partial charge in [0.1, 0.15) is 10.8 Å². The van der Waals surface area contributed by atoms with Gasteiger partial charge < -0.3 is 9.84 Å². The van der Waals surface area contributed by atoms with Gasteiger partial charge in [0.2, 0.25) is 0 Å². The minimum Gasteiger partial charge on any atom is -0.492 e. The number of ether oxygens (including phenoxy) is 1. The van der Waals surface area contributed by atoms with Crippen LogP contribution >= 0.6 is 23.2 Å². The summed E-state index contributed by atoms with van der Waals surface area (Å²) < 4.78 is 5.55. The van der Waals surface area contributed by atoms with Crippen molar-refractivity contribution in [3.8, 4) is 5.75 Å². The van der Waals surface area contributed by atoms with Gasteiger partial charge in [0, 0.05) is 6.61 Å². The second-order valence-corrected chi connectivity index (χ2v) is 4.59. The van der Waals surface area contributed by atoms with Crippen molar-refractivity contribution in [3.63, 3.8) is 0 Å². The van der Waals surface area contributed by atoms with Gasteiger partial charge in [-0.1, -0.05) is 29.3 Å². The predicted octanol–water partition coefficient (Wildman–Crippen LogP) is 3.00. The number of rotatable bonds is 4. The molecular formula is C11H12Cl2O2. The van der Waals surface area contributed by atoms with Crippen molar-refractivity contribution >= 4 is 23.2 Å². The molecule has 2 rings (SSSR count). The molecular weight excluding hydrogens is 235 g/mol. The third-order valence-electron chi connectivity index (χ3n) is 2.67.